The molecule has 32 heavy (non-hydrogen) atoms. The highest BCUT2D eigenvalue weighted by Crippen LogP contribution is 2.34. The van der Waals surface area contributed by atoms with Crippen molar-refractivity contribution >= 4 is 103 Å². The van der Waals surface area contributed by atoms with Crippen LogP contribution < -0.4 is 5.32 Å². The average molecular weight is 699 g/mol. The number of phenols is 1. The zero-order valence-electron chi connectivity index (χ0n) is 16.1. The predicted molar refractivity (Wildman–Crippen MR) is 138 cm³/mol. The van der Waals surface area contributed by atoms with Crippen molar-refractivity contribution in [3.63, 3.8) is 0 Å². The first kappa shape index (κ1) is 24.8. The summed E-state index contributed by atoms with van der Waals surface area (Å²) in [6.45, 7) is -0.497. The van der Waals surface area contributed by atoms with Crippen LogP contribution >= 0.6 is 68.5 Å². The minimum atomic E-state index is -0.666. The zero-order valence-corrected chi connectivity index (χ0v) is 22.0. The topological polar surface area (TPSA) is 113 Å². The molecule has 1 aliphatic rings. The molecule has 0 saturated carbocycles. The number of nitrogens with one attached hydrogen (secondary N) is 1. The van der Waals surface area contributed by atoms with E-state index in [0.29, 0.717) is 12.7 Å². The van der Waals surface area contributed by atoms with Gasteiger partial charge in [-0.25, -0.2) is 4.79 Å². The lowest BCUT2D eigenvalue weighted by atomic mass is 10.2. The van der Waals surface area contributed by atoms with Crippen LogP contribution in [0, 0.1) is 7.14 Å². The highest BCUT2D eigenvalue weighted by Gasteiger charge is 2.36. The Morgan fingerprint density at radius 2 is 1.88 bits per heavy atom. The molecule has 3 rings (SSSR count). The van der Waals surface area contributed by atoms with Crippen molar-refractivity contribution < 1.29 is 29.0 Å². The second-order valence-corrected chi connectivity index (χ2v) is 10.1. The molecular formula is C20H13ClI2N2O6S. The molecule has 3 amide bonds. The van der Waals surface area contributed by atoms with Gasteiger partial charge in [0.25, 0.3) is 11.1 Å². The van der Waals surface area contributed by atoms with Gasteiger partial charge in [0.2, 0.25) is 5.91 Å². The molecule has 0 spiro atoms. The first-order valence-electron chi connectivity index (χ1n) is 8.71. The highest BCUT2D eigenvalue weighted by molar-refractivity contribution is 14.1. The molecule has 166 valence electrons. The van der Waals surface area contributed by atoms with Crippen LogP contribution in [0.4, 0.5) is 10.5 Å². The van der Waals surface area contributed by atoms with Crippen LogP contribution in [0.2, 0.25) is 5.02 Å². The Kier molecular flexibility index (Phi) is 8.06. The molecule has 8 nitrogen and oxygen atoms in total. The second-order valence-electron chi connectivity index (χ2n) is 6.34. The second kappa shape index (κ2) is 10.4. The molecular weight excluding hydrogens is 686 g/mol. The Morgan fingerprint density at radius 3 is 2.50 bits per heavy atom. The first-order chi connectivity index (χ1) is 15.1. The number of aromatic hydroxyl groups is 1. The average Bonchev–Trinajstić information content (AvgIpc) is 3.00. The molecule has 2 N–H and O–H groups in total. The van der Waals surface area contributed by atoms with Crippen molar-refractivity contribution in [1.29, 1.82) is 0 Å². The number of carbonyl (C=O) groups excluding carboxylic acids is 4. The van der Waals surface area contributed by atoms with Gasteiger partial charge in [0.05, 0.1) is 29.7 Å². The van der Waals surface area contributed by atoms with Gasteiger partial charge in [0, 0.05) is 5.69 Å². The van der Waals surface area contributed by atoms with Crippen LogP contribution in [0.25, 0.3) is 6.08 Å². The van der Waals surface area contributed by atoms with E-state index >= 15 is 0 Å². The summed E-state index contributed by atoms with van der Waals surface area (Å²) in [6.07, 6.45) is 1.54. The first-order valence-corrected chi connectivity index (χ1v) is 12.1. The van der Waals surface area contributed by atoms with Gasteiger partial charge in [-0.3, -0.25) is 19.3 Å². The van der Waals surface area contributed by atoms with Crippen LogP contribution in [0.15, 0.2) is 35.2 Å². The van der Waals surface area contributed by atoms with Crippen molar-refractivity contribution in [3.8, 4) is 5.75 Å². The maximum atomic E-state index is 12.7. The van der Waals surface area contributed by atoms with Gasteiger partial charge in [0.15, 0.2) is 0 Å². The number of phenolic OH excluding ortho intramolecular Hbond substituents is 1. The summed E-state index contributed by atoms with van der Waals surface area (Å²) in [6, 6.07) is 7.60. The number of methoxy groups -OCH3 is 1. The van der Waals surface area contributed by atoms with Crippen molar-refractivity contribution in [2.45, 2.75) is 0 Å². The van der Waals surface area contributed by atoms with Crippen LogP contribution in [0.5, 0.6) is 5.75 Å². The van der Waals surface area contributed by atoms with Crippen LogP contribution in [-0.2, 0) is 14.3 Å². The summed E-state index contributed by atoms with van der Waals surface area (Å²) in [5.41, 5.74) is 0.970. The lowest BCUT2D eigenvalue weighted by Crippen LogP contribution is -2.36. The Morgan fingerprint density at radius 1 is 1.22 bits per heavy atom. The number of rotatable bonds is 5. The van der Waals surface area contributed by atoms with E-state index < -0.39 is 29.6 Å². The van der Waals surface area contributed by atoms with Gasteiger partial charge in [-0.1, -0.05) is 11.6 Å². The van der Waals surface area contributed by atoms with Crippen LogP contribution in [0.1, 0.15) is 15.9 Å². The third-order valence-corrected chi connectivity index (χ3v) is 7.05. The molecule has 1 fully saturated rings. The van der Waals surface area contributed by atoms with Crippen LogP contribution in [0.3, 0.4) is 0 Å². The number of carbonyl (C=O) groups is 4. The molecule has 1 aliphatic heterocycles. The Labute approximate surface area is 219 Å². The largest absolute Gasteiger partial charge is 0.506 e. The number of hydrogen-bond donors (Lipinski definition) is 2. The fourth-order valence-electron chi connectivity index (χ4n) is 2.67. The number of halogens is 3. The summed E-state index contributed by atoms with van der Waals surface area (Å²) in [5, 5.41) is 12.0. The third-order valence-electron chi connectivity index (χ3n) is 4.17. The SMILES string of the molecule is COC(=O)c1cc(NC(=O)CN2C(=O)S/C(=C/c3cc(I)c(O)c(I)c3)C2=O)ccc1Cl. The Hall–Kier alpha value is -1.84. The molecule has 2 aromatic rings. The predicted octanol–water partition coefficient (Wildman–Crippen LogP) is 4.72. The molecule has 2 aromatic carbocycles. The molecule has 1 heterocycles. The van der Waals surface area contributed by atoms with E-state index in [1.807, 2.05) is 45.2 Å². The number of anilines is 1. The number of esters is 1. The Bertz CT molecular complexity index is 1160. The number of ether oxygens (including phenoxy) is 1. The normalized spacial score (nSPS) is 14.8. The van der Waals surface area contributed by atoms with Gasteiger partial charge in [-0.15, -0.1) is 0 Å². The minimum absolute atomic E-state index is 0.0687. The van der Waals surface area contributed by atoms with E-state index in [1.54, 1.807) is 12.1 Å². The fourth-order valence-corrected chi connectivity index (χ4v) is 5.52. The number of thioether (sulfide) groups is 1. The van der Waals surface area contributed by atoms with E-state index in [2.05, 4.69) is 10.1 Å². The molecule has 0 bridgehead atoms. The van der Waals surface area contributed by atoms with Crippen molar-refractivity contribution in [1.82, 2.24) is 4.90 Å². The van der Waals surface area contributed by atoms with E-state index in [-0.39, 0.29) is 26.9 Å². The van der Waals surface area contributed by atoms with Crippen molar-refractivity contribution in [3.05, 3.63) is 58.5 Å². The maximum Gasteiger partial charge on any atom is 0.339 e. The summed E-state index contributed by atoms with van der Waals surface area (Å²) < 4.78 is 5.85. The summed E-state index contributed by atoms with van der Waals surface area (Å²) in [5.74, 6) is -1.74. The lowest BCUT2D eigenvalue weighted by molar-refractivity contribution is -0.127. The Balaban J connectivity index is 1.73. The van der Waals surface area contributed by atoms with Gasteiger partial charge >= 0.3 is 5.97 Å². The number of benzene rings is 2. The minimum Gasteiger partial charge on any atom is -0.506 e. The zero-order chi connectivity index (χ0) is 23.6. The van der Waals surface area contributed by atoms with Gasteiger partial charge in [-0.2, -0.15) is 0 Å². The monoisotopic (exact) mass is 698 g/mol. The molecule has 0 aliphatic carbocycles. The van der Waals surface area contributed by atoms with Crippen LogP contribution in [-0.4, -0.2) is 46.7 Å². The molecule has 0 radical (unpaired) electrons. The van der Waals surface area contributed by atoms with Crippen molar-refractivity contribution in [2.75, 3.05) is 19.0 Å². The number of amides is 3. The lowest BCUT2D eigenvalue weighted by Gasteiger charge is -2.13. The standard InChI is InChI=1S/C20H13ClI2N2O6S/c1-31-19(29)11-7-10(2-3-12(11)21)24-16(26)8-25-18(28)15(32-20(25)30)6-9-4-13(22)17(27)14(23)5-9/h2-7,27H,8H2,1H3,(H,24,26)/b15-6+. The highest BCUT2D eigenvalue weighted by atomic mass is 127. The van der Waals surface area contributed by atoms with E-state index in [9.17, 15) is 24.3 Å². The quantitative estimate of drug-likeness (QED) is 0.264. The summed E-state index contributed by atoms with van der Waals surface area (Å²) >= 11 is 10.6. The van der Waals surface area contributed by atoms with Crippen molar-refractivity contribution in [2.24, 2.45) is 0 Å². The third kappa shape index (κ3) is 5.55. The fraction of sp³-hybridized carbons (Fsp3) is 0.100. The smallest absolute Gasteiger partial charge is 0.339 e. The van der Waals surface area contributed by atoms with E-state index in [4.69, 9.17) is 11.6 Å². The number of hydrogen-bond acceptors (Lipinski definition) is 7. The van der Waals surface area contributed by atoms with Gasteiger partial charge in [0.1, 0.15) is 12.3 Å². The number of nitrogens with zero attached hydrogens (tertiary/aromatic N) is 1. The summed E-state index contributed by atoms with van der Waals surface area (Å²) in [7, 11) is 1.21. The molecule has 0 aromatic heterocycles. The molecule has 12 heteroatoms. The summed E-state index contributed by atoms with van der Waals surface area (Å²) in [4.78, 5) is 50.2. The molecule has 0 atom stereocenters. The van der Waals surface area contributed by atoms with E-state index in [0.717, 1.165) is 16.7 Å². The van der Waals surface area contributed by atoms with Gasteiger partial charge < -0.3 is 15.2 Å². The molecule has 1 saturated heterocycles. The van der Waals surface area contributed by atoms with E-state index in [1.165, 1.54) is 31.4 Å². The maximum absolute atomic E-state index is 12.7. The molecule has 0 unspecified atom stereocenters. The number of imide groups is 1. The van der Waals surface area contributed by atoms with Gasteiger partial charge in [-0.05, 0) is 98.9 Å².